The molecular formula is C16H28N2S. The molecule has 2 nitrogen and oxygen atoms in total. The van der Waals surface area contributed by atoms with Crippen LogP contribution in [0, 0.1) is 5.92 Å². The van der Waals surface area contributed by atoms with E-state index in [0.717, 1.165) is 5.92 Å². The zero-order valence-electron chi connectivity index (χ0n) is 12.6. The van der Waals surface area contributed by atoms with Gasteiger partial charge < -0.3 is 5.32 Å². The second kappa shape index (κ2) is 7.41. The highest BCUT2D eigenvalue weighted by atomic mass is 32.1. The summed E-state index contributed by atoms with van der Waals surface area (Å²) in [5, 5.41) is 5.68. The van der Waals surface area contributed by atoms with E-state index in [1.54, 1.807) is 0 Å². The molecule has 3 heteroatoms. The molecule has 108 valence electrons. The van der Waals surface area contributed by atoms with Crippen LogP contribution < -0.4 is 5.32 Å². The maximum absolute atomic E-state index is 3.47. The van der Waals surface area contributed by atoms with Gasteiger partial charge in [-0.25, -0.2) is 0 Å². The molecule has 1 saturated heterocycles. The molecule has 2 rings (SSSR count). The minimum Gasteiger partial charge on any atom is -0.317 e. The molecule has 1 aliphatic heterocycles. The summed E-state index contributed by atoms with van der Waals surface area (Å²) in [5.74, 6) is 0.873. The Kier molecular flexibility index (Phi) is 5.86. The molecule has 0 saturated carbocycles. The molecule has 1 fully saturated rings. The summed E-state index contributed by atoms with van der Waals surface area (Å²) < 4.78 is 0. The standard InChI is InChI=1S/C16H28N2S/c1-4-15(16-6-5-11-19-16)18(13(2)3)12-14-7-9-17-10-8-14/h5-6,11,13-15,17H,4,7-10,12H2,1-3H3. The van der Waals surface area contributed by atoms with Crippen molar-refractivity contribution in [1.29, 1.82) is 0 Å². The number of piperidine rings is 1. The van der Waals surface area contributed by atoms with Crippen LogP contribution >= 0.6 is 11.3 Å². The molecule has 1 aromatic rings. The van der Waals surface area contributed by atoms with Crippen molar-refractivity contribution in [2.75, 3.05) is 19.6 Å². The molecule has 0 aromatic carbocycles. The zero-order valence-corrected chi connectivity index (χ0v) is 13.4. The van der Waals surface area contributed by atoms with Crippen molar-refractivity contribution in [3.05, 3.63) is 22.4 Å². The van der Waals surface area contributed by atoms with Gasteiger partial charge in [0.2, 0.25) is 0 Å². The van der Waals surface area contributed by atoms with Gasteiger partial charge in [0.25, 0.3) is 0 Å². The summed E-state index contributed by atoms with van der Waals surface area (Å²) in [5.41, 5.74) is 0. The van der Waals surface area contributed by atoms with E-state index in [2.05, 4.69) is 48.5 Å². The minimum atomic E-state index is 0.606. The van der Waals surface area contributed by atoms with Crippen LogP contribution in [0.3, 0.4) is 0 Å². The Balaban J connectivity index is 2.05. The van der Waals surface area contributed by atoms with Crippen molar-refractivity contribution in [3.63, 3.8) is 0 Å². The van der Waals surface area contributed by atoms with Crippen molar-refractivity contribution in [1.82, 2.24) is 10.2 Å². The molecule has 0 radical (unpaired) electrons. The van der Waals surface area contributed by atoms with Gasteiger partial charge in [-0.2, -0.15) is 0 Å². The Labute approximate surface area is 122 Å². The lowest BCUT2D eigenvalue weighted by Crippen LogP contribution is -2.41. The predicted octanol–water partition coefficient (Wildman–Crippen LogP) is 3.91. The lowest BCUT2D eigenvalue weighted by atomic mass is 9.95. The lowest BCUT2D eigenvalue weighted by molar-refractivity contribution is 0.114. The van der Waals surface area contributed by atoms with Crippen molar-refractivity contribution >= 4 is 11.3 Å². The number of nitrogens with one attached hydrogen (secondary N) is 1. The van der Waals surface area contributed by atoms with E-state index in [9.17, 15) is 0 Å². The highest BCUT2D eigenvalue weighted by Gasteiger charge is 2.25. The van der Waals surface area contributed by atoms with Crippen LogP contribution in [0.2, 0.25) is 0 Å². The topological polar surface area (TPSA) is 15.3 Å². The average Bonchev–Trinajstić information content (AvgIpc) is 2.93. The van der Waals surface area contributed by atoms with Crippen molar-refractivity contribution in [2.24, 2.45) is 5.92 Å². The van der Waals surface area contributed by atoms with E-state index in [1.165, 1.54) is 43.8 Å². The quantitative estimate of drug-likeness (QED) is 0.850. The van der Waals surface area contributed by atoms with Gasteiger partial charge in [-0.3, -0.25) is 4.90 Å². The smallest absolute Gasteiger partial charge is 0.0441 e. The van der Waals surface area contributed by atoms with Crippen LogP contribution in [-0.4, -0.2) is 30.6 Å². The summed E-state index contributed by atoms with van der Waals surface area (Å²) in [7, 11) is 0. The fourth-order valence-corrected chi connectivity index (χ4v) is 4.07. The molecular weight excluding hydrogens is 252 g/mol. The molecule has 2 heterocycles. The Bertz CT molecular complexity index is 342. The van der Waals surface area contributed by atoms with Gasteiger partial charge in [0.1, 0.15) is 0 Å². The van der Waals surface area contributed by atoms with Crippen molar-refractivity contribution in [2.45, 2.75) is 52.1 Å². The Morgan fingerprint density at radius 3 is 2.63 bits per heavy atom. The molecule has 0 spiro atoms. The van der Waals surface area contributed by atoms with E-state index >= 15 is 0 Å². The first kappa shape index (κ1) is 15.0. The number of rotatable bonds is 6. The van der Waals surface area contributed by atoms with E-state index in [1.807, 2.05) is 11.3 Å². The maximum Gasteiger partial charge on any atom is 0.0441 e. The third kappa shape index (κ3) is 4.04. The number of nitrogens with zero attached hydrogens (tertiary/aromatic N) is 1. The van der Waals surface area contributed by atoms with Gasteiger partial charge in [0.15, 0.2) is 0 Å². The van der Waals surface area contributed by atoms with E-state index in [0.29, 0.717) is 12.1 Å². The fourth-order valence-electron chi connectivity index (χ4n) is 3.14. The maximum atomic E-state index is 3.47. The molecule has 1 N–H and O–H groups in total. The van der Waals surface area contributed by atoms with E-state index in [4.69, 9.17) is 0 Å². The predicted molar refractivity (Wildman–Crippen MR) is 84.8 cm³/mol. The third-order valence-corrected chi connectivity index (χ3v) is 5.22. The summed E-state index contributed by atoms with van der Waals surface area (Å²) in [6.07, 6.45) is 3.89. The summed E-state index contributed by atoms with van der Waals surface area (Å²) >= 11 is 1.91. The van der Waals surface area contributed by atoms with E-state index in [-0.39, 0.29) is 0 Å². The monoisotopic (exact) mass is 280 g/mol. The number of thiophene rings is 1. The first-order valence-corrected chi connectivity index (χ1v) is 8.60. The van der Waals surface area contributed by atoms with Crippen LogP contribution in [0.4, 0.5) is 0 Å². The first-order chi connectivity index (χ1) is 9.22. The Morgan fingerprint density at radius 2 is 2.11 bits per heavy atom. The lowest BCUT2D eigenvalue weighted by Gasteiger charge is -2.38. The normalized spacial score (nSPS) is 19.2. The first-order valence-electron chi connectivity index (χ1n) is 7.72. The Hall–Kier alpha value is -0.380. The van der Waals surface area contributed by atoms with Gasteiger partial charge in [0.05, 0.1) is 0 Å². The number of hydrogen-bond donors (Lipinski definition) is 1. The number of hydrogen-bond acceptors (Lipinski definition) is 3. The van der Waals surface area contributed by atoms with Crippen LogP contribution in [0.5, 0.6) is 0 Å². The largest absolute Gasteiger partial charge is 0.317 e. The summed E-state index contributed by atoms with van der Waals surface area (Å²) in [4.78, 5) is 4.26. The highest BCUT2D eigenvalue weighted by Crippen LogP contribution is 2.31. The fraction of sp³-hybridized carbons (Fsp3) is 0.750. The average molecular weight is 280 g/mol. The van der Waals surface area contributed by atoms with Crippen LogP contribution in [0.1, 0.15) is 51.0 Å². The molecule has 1 aromatic heterocycles. The molecule has 1 aliphatic rings. The minimum absolute atomic E-state index is 0.606. The SMILES string of the molecule is CCC(c1cccs1)N(CC1CCNCC1)C(C)C. The Morgan fingerprint density at radius 1 is 1.37 bits per heavy atom. The zero-order chi connectivity index (χ0) is 13.7. The van der Waals surface area contributed by atoms with E-state index < -0.39 is 0 Å². The van der Waals surface area contributed by atoms with Gasteiger partial charge in [-0.05, 0) is 63.6 Å². The van der Waals surface area contributed by atoms with Crippen molar-refractivity contribution < 1.29 is 0 Å². The van der Waals surface area contributed by atoms with Gasteiger partial charge in [-0.1, -0.05) is 13.0 Å². The van der Waals surface area contributed by atoms with Crippen LogP contribution in [-0.2, 0) is 0 Å². The molecule has 0 aliphatic carbocycles. The van der Waals surface area contributed by atoms with Crippen LogP contribution in [0.15, 0.2) is 17.5 Å². The van der Waals surface area contributed by atoms with Gasteiger partial charge in [-0.15, -0.1) is 11.3 Å². The molecule has 0 amide bonds. The second-order valence-corrected chi connectivity index (χ2v) is 6.90. The highest BCUT2D eigenvalue weighted by molar-refractivity contribution is 7.10. The molecule has 19 heavy (non-hydrogen) atoms. The second-order valence-electron chi connectivity index (χ2n) is 5.92. The molecule has 1 atom stereocenters. The molecule has 0 bridgehead atoms. The summed E-state index contributed by atoms with van der Waals surface area (Å²) in [6, 6.07) is 5.72. The van der Waals surface area contributed by atoms with Crippen LogP contribution in [0.25, 0.3) is 0 Å². The van der Waals surface area contributed by atoms with Crippen molar-refractivity contribution in [3.8, 4) is 0 Å². The summed E-state index contributed by atoms with van der Waals surface area (Å²) in [6.45, 7) is 10.7. The molecule has 1 unspecified atom stereocenters. The van der Waals surface area contributed by atoms with Gasteiger partial charge in [0, 0.05) is 23.5 Å². The third-order valence-electron chi connectivity index (χ3n) is 4.25. The van der Waals surface area contributed by atoms with Gasteiger partial charge >= 0.3 is 0 Å².